The van der Waals surface area contributed by atoms with Crippen LogP contribution in [0.2, 0.25) is 0 Å². The first-order valence-corrected chi connectivity index (χ1v) is 6.38. The summed E-state index contributed by atoms with van der Waals surface area (Å²) in [5, 5.41) is 19.8. The number of rotatable bonds is 4. The molecule has 0 aliphatic heterocycles. The van der Waals surface area contributed by atoms with E-state index < -0.39 is 4.92 Å². The number of nitrogens with zero attached hydrogens (tertiary/aromatic N) is 4. The highest BCUT2D eigenvalue weighted by atomic mass is 16.6. The third-order valence-electron chi connectivity index (χ3n) is 3.39. The van der Waals surface area contributed by atoms with Gasteiger partial charge in [0, 0.05) is 13.1 Å². The molecule has 0 amide bonds. The van der Waals surface area contributed by atoms with E-state index in [0.717, 1.165) is 5.56 Å². The zero-order valence-electron chi connectivity index (χ0n) is 11.7. The molecule has 0 spiro atoms. The molecule has 6 heteroatoms. The smallest absolute Gasteiger partial charge is 0.305 e. The van der Waals surface area contributed by atoms with Gasteiger partial charge >= 0.3 is 5.69 Å². The lowest BCUT2D eigenvalue weighted by molar-refractivity contribution is -0.385. The van der Waals surface area contributed by atoms with Gasteiger partial charge in [0.15, 0.2) is 0 Å². The summed E-state index contributed by atoms with van der Waals surface area (Å²) in [5.74, 6) is 0.522. The minimum absolute atomic E-state index is 0.0340. The first kappa shape index (κ1) is 14.5. The highest BCUT2D eigenvalue weighted by Gasteiger charge is 2.19. The third-order valence-corrected chi connectivity index (χ3v) is 3.39. The van der Waals surface area contributed by atoms with Gasteiger partial charge in [0.1, 0.15) is 11.9 Å². The van der Waals surface area contributed by atoms with Crippen LogP contribution in [0.1, 0.15) is 24.2 Å². The molecule has 0 radical (unpaired) electrons. The molecule has 1 aromatic carbocycles. The molecule has 6 nitrogen and oxygen atoms in total. The number of hydrogen-bond acceptors (Lipinski definition) is 5. The topological polar surface area (TPSA) is 83.1 Å². The molecular formula is C15H14N4O2. The van der Waals surface area contributed by atoms with Crippen molar-refractivity contribution in [3.05, 3.63) is 63.8 Å². The maximum Gasteiger partial charge on any atom is 0.305 e. The Morgan fingerprint density at radius 3 is 2.52 bits per heavy atom. The molecule has 2 aromatic rings. The number of pyridine rings is 1. The van der Waals surface area contributed by atoms with Crippen molar-refractivity contribution < 1.29 is 4.92 Å². The number of nitro groups is 1. The van der Waals surface area contributed by atoms with Crippen LogP contribution < -0.4 is 4.90 Å². The van der Waals surface area contributed by atoms with Gasteiger partial charge < -0.3 is 4.90 Å². The second kappa shape index (κ2) is 6.01. The molecule has 0 saturated carbocycles. The van der Waals surface area contributed by atoms with Gasteiger partial charge in [0.2, 0.25) is 5.69 Å². The number of nitriles is 1. The van der Waals surface area contributed by atoms with Crippen LogP contribution in [0.15, 0.2) is 42.5 Å². The Morgan fingerprint density at radius 2 is 1.95 bits per heavy atom. The van der Waals surface area contributed by atoms with Crippen LogP contribution in [0.25, 0.3) is 0 Å². The van der Waals surface area contributed by atoms with Crippen molar-refractivity contribution in [3.8, 4) is 6.07 Å². The van der Waals surface area contributed by atoms with Crippen molar-refractivity contribution in [3.63, 3.8) is 0 Å². The van der Waals surface area contributed by atoms with Gasteiger partial charge in [-0.15, -0.1) is 0 Å². The molecule has 2 rings (SSSR count). The summed E-state index contributed by atoms with van der Waals surface area (Å²) >= 11 is 0. The van der Waals surface area contributed by atoms with Crippen molar-refractivity contribution in [1.29, 1.82) is 5.26 Å². The Bertz CT molecular complexity index is 695. The highest BCUT2D eigenvalue weighted by molar-refractivity contribution is 5.52. The number of aromatic nitrogens is 1. The van der Waals surface area contributed by atoms with E-state index in [1.807, 2.05) is 49.2 Å². The van der Waals surface area contributed by atoms with E-state index in [0.29, 0.717) is 5.82 Å². The summed E-state index contributed by atoms with van der Waals surface area (Å²) in [5.41, 5.74) is 0.644. The van der Waals surface area contributed by atoms with Crippen molar-refractivity contribution in [2.75, 3.05) is 11.9 Å². The summed E-state index contributed by atoms with van der Waals surface area (Å²) < 4.78 is 0. The molecule has 0 saturated heterocycles. The lowest BCUT2D eigenvalue weighted by atomic mass is 10.1. The fourth-order valence-corrected chi connectivity index (χ4v) is 2.02. The van der Waals surface area contributed by atoms with Gasteiger partial charge in [-0.1, -0.05) is 30.3 Å². The van der Waals surface area contributed by atoms with Gasteiger partial charge in [-0.2, -0.15) is 5.26 Å². The molecule has 0 aliphatic carbocycles. The Kier molecular flexibility index (Phi) is 4.14. The standard InChI is InChI=1S/C15H14N4O2/c1-11(12-6-4-3-5-7-12)18(2)15-9-8-14(19(20)21)13(10-16)17-15/h3-9,11H,1-2H3. The lowest BCUT2D eigenvalue weighted by Crippen LogP contribution is -2.22. The zero-order valence-corrected chi connectivity index (χ0v) is 11.7. The third kappa shape index (κ3) is 2.98. The van der Waals surface area contributed by atoms with Gasteiger partial charge in [0.25, 0.3) is 0 Å². The van der Waals surface area contributed by atoms with E-state index in [1.54, 1.807) is 12.1 Å². The Morgan fingerprint density at radius 1 is 1.29 bits per heavy atom. The van der Waals surface area contributed by atoms with Crippen LogP contribution in [0, 0.1) is 21.4 Å². The largest absolute Gasteiger partial charge is 0.353 e. The van der Waals surface area contributed by atoms with E-state index in [-0.39, 0.29) is 17.4 Å². The fourth-order valence-electron chi connectivity index (χ4n) is 2.02. The minimum Gasteiger partial charge on any atom is -0.353 e. The monoisotopic (exact) mass is 282 g/mol. The minimum atomic E-state index is -0.601. The predicted molar refractivity (Wildman–Crippen MR) is 78.9 cm³/mol. The summed E-state index contributed by atoms with van der Waals surface area (Å²) in [4.78, 5) is 16.2. The molecule has 1 aromatic heterocycles. The van der Waals surface area contributed by atoms with E-state index in [2.05, 4.69) is 4.98 Å². The molecule has 1 heterocycles. The van der Waals surface area contributed by atoms with Crippen LogP contribution in [0.3, 0.4) is 0 Å². The van der Waals surface area contributed by atoms with Crippen LogP contribution in [0.4, 0.5) is 11.5 Å². The van der Waals surface area contributed by atoms with Crippen molar-refractivity contribution >= 4 is 11.5 Å². The van der Waals surface area contributed by atoms with Gasteiger partial charge in [-0.3, -0.25) is 10.1 Å². The fraction of sp³-hybridized carbons (Fsp3) is 0.200. The van der Waals surface area contributed by atoms with Crippen LogP contribution >= 0.6 is 0 Å². The van der Waals surface area contributed by atoms with Crippen LogP contribution in [-0.4, -0.2) is 17.0 Å². The quantitative estimate of drug-likeness (QED) is 0.635. The van der Waals surface area contributed by atoms with E-state index in [4.69, 9.17) is 5.26 Å². The number of anilines is 1. The second-order valence-corrected chi connectivity index (χ2v) is 4.60. The zero-order chi connectivity index (χ0) is 15.4. The Balaban J connectivity index is 2.34. The van der Waals surface area contributed by atoms with E-state index in [9.17, 15) is 10.1 Å². The average Bonchev–Trinajstić information content (AvgIpc) is 2.53. The summed E-state index contributed by atoms with van der Waals surface area (Å²) in [6, 6.07) is 14.5. The molecule has 1 atom stereocenters. The SMILES string of the molecule is CC(c1ccccc1)N(C)c1ccc([N+](=O)[O-])c(C#N)n1. The molecule has 0 N–H and O–H groups in total. The highest BCUT2D eigenvalue weighted by Crippen LogP contribution is 2.26. The van der Waals surface area contributed by atoms with Crippen molar-refractivity contribution in [2.24, 2.45) is 0 Å². The molecule has 106 valence electrons. The number of hydrogen-bond donors (Lipinski definition) is 0. The summed E-state index contributed by atoms with van der Waals surface area (Å²) in [7, 11) is 1.84. The normalized spacial score (nSPS) is 11.5. The van der Waals surface area contributed by atoms with Crippen molar-refractivity contribution in [1.82, 2.24) is 4.98 Å². The Hall–Kier alpha value is -2.94. The molecule has 0 aliphatic rings. The first-order chi connectivity index (χ1) is 10.0. The van der Waals surface area contributed by atoms with Crippen LogP contribution in [-0.2, 0) is 0 Å². The van der Waals surface area contributed by atoms with Crippen LogP contribution in [0.5, 0.6) is 0 Å². The maximum absolute atomic E-state index is 10.8. The van der Waals surface area contributed by atoms with E-state index in [1.165, 1.54) is 6.07 Å². The molecule has 0 fully saturated rings. The molecule has 1 unspecified atom stereocenters. The lowest BCUT2D eigenvalue weighted by Gasteiger charge is -2.26. The first-order valence-electron chi connectivity index (χ1n) is 6.38. The summed E-state index contributed by atoms with van der Waals surface area (Å²) in [6.45, 7) is 2.00. The number of benzene rings is 1. The maximum atomic E-state index is 10.8. The predicted octanol–water partition coefficient (Wildman–Crippen LogP) is 3.06. The van der Waals surface area contributed by atoms with Gasteiger partial charge in [-0.25, -0.2) is 4.98 Å². The van der Waals surface area contributed by atoms with Gasteiger partial charge in [0.05, 0.1) is 11.0 Å². The van der Waals surface area contributed by atoms with E-state index >= 15 is 0 Å². The molecular weight excluding hydrogens is 268 g/mol. The van der Waals surface area contributed by atoms with Gasteiger partial charge in [-0.05, 0) is 18.6 Å². The molecule has 0 bridgehead atoms. The van der Waals surface area contributed by atoms with Crippen molar-refractivity contribution in [2.45, 2.75) is 13.0 Å². The average molecular weight is 282 g/mol. The molecule has 21 heavy (non-hydrogen) atoms. The Labute approximate surface area is 122 Å². The second-order valence-electron chi connectivity index (χ2n) is 4.60. The summed E-state index contributed by atoms with van der Waals surface area (Å²) in [6.07, 6.45) is 0.